The predicted octanol–water partition coefficient (Wildman–Crippen LogP) is 5.02. The van der Waals surface area contributed by atoms with Gasteiger partial charge in [0.05, 0.1) is 0 Å². The molecule has 2 unspecified atom stereocenters. The molecule has 100 valence electrons. The number of halogens is 3. The van der Waals surface area contributed by atoms with Gasteiger partial charge in [-0.3, -0.25) is 0 Å². The van der Waals surface area contributed by atoms with Crippen molar-refractivity contribution >= 4 is 34.8 Å². The normalized spacial score (nSPS) is 24.8. The van der Waals surface area contributed by atoms with Gasteiger partial charge in [-0.1, -0.05) is 48.5 Å². The van der Waals surface area contributed by atoms with Gasteiger partial charge in [0.15, 0.2) is 0 Å². The van der Waals surface area contributed by atoms with Gasteiger partial charge in [0, 0.05) is 33.6 Å². The Morgan fingerprint density at radius 2 is 1.72 bits per heavy atom. The van der Waals surface area contributed by atoms with E-state index >= 15 is 0 Å². The third kappa shape index (κ3) is 3.77. The van der Waals surface area contributed by atoms with E-state index < -0.39 is 0 Å². The Kier molecular flexibility index (Phi) is 5.62. The number of benzene rings is 1. The second-order valence-electron chi connectivity index (χ2n) is 4.84. The van der Waals surface area contributed by atoms with Crippen LogP contribution >= 0.6 is 34.8 Å². The predicted molar refractivity (Wildman–Crippen MR) is 79.8 cm³/mol. The number of hydrogen-bond acceptors (Lipinski definition) is 1. The van der Waals surface area contributed by atoms with E-state index in [1.54, 1.807) is 0 Å². The van der Waals surface area contributed by atoms with E-state index in [0.29, 0.717) is 12.6 Å². The van der Waals surface area contributed by atoms with Gasteiger partial charge >= 0.3 is 0 Å². The fourth-order valence-corrected chi connectivity index (χ4v) is 3.33. The molecule has 2 rings (SSSR count). The van der Waals surface area contributed by atoms with Gasteiger partial charge in [-0.25, -0.2) is 0 Å². The molecule has 0 aliphatic heterocycles. The first-order valence-corrected chi connectivity index (χ1v) is 7.68. The van der Waals surface area contributed by atoms with Crippen LogP contribution in [0.15, 0.2) is 18.2 Å². The van der Waals surface area contributed by atoms with E-state index in [1.807, 2.05) is 18.2 Å². The maximum Gasteiger partial charge on any atom is 0.0489 e. The molecule has 1 fully saturated rings. The summed E-state index contributed by atoms with van der Waals surface area (Å²) in [5.74, 6) is 0. The lowest BCUT2D eigenvalue weighted by atomic mass is 10.1. The van der Waals surface area contributed by atoms with Gasteiger partial charge in [-0.2, -0.15) is 0 Å². The molecule has 0 spiro atoms. The molecule has 0 bridgehead atoms. The van der Waals surface area contributed by atoms with Crippen molar-refractivity contribution in [3.8, 4) is 0 Å². The van der Waals surface area contributed by atoms with Crippen molar-refractivity contribution in [3.63, 3.8) is 0 Å². The lowest BCUT2D eigenvalue weighted by Crippen LogP contribution is -2.35. The molecule has 1 aliphatic carbocycles. The third-order valence-corrected chi connectivity index (χ3v) is 4.76. The zero-order valence-electron chi connectivity index (χ0n) is 10.3. The van der Waals surface area contributed by atoms with Gasteiger partial charge in [-0.05, 0) is 25.0 Å². The van der Waals surface area contributed by atoms with E-state index in [1.165, 1.54) is 19.3 Å². The van der Waals surface area contributed by atoms with Gasteiger partial charge in [0.1, 0.15) is 0 Å². The SMILES string of the molecule is Clc1cccc(Cl)c1CNC1CCCCCC1Cl. The monoisotopic (exact) mass is 305 g/mol. The second kappa shape index (κ2) is 7.00. The summed E-state index contributed by atoms with van der Waals surface area (Å²) in [5.41, 5.74) is 0.967. The van der Waals surface area contributed by atoms with Crippen molar-refractivity contribution in [3.05, 3.63) is 33.8 Å². The number of nitrogens with one attached hydrogen (secondary N) is 1. The van der Waals surface area contributed by atoms with Gasteiger partial charge in [-0.15, -0.1) is 11.6 Å². The first-order valence-electron chi connectivity index (χ1n) is 6.49. The van der Waals surface area contributed by atoms with Crippen molar-refractivity contribution < 1.29 is 0 Å². The van der Waals surface area contributed by atoms with E-state index in [-0.39, 0.29) is 5.38 Å². The van der Waals surface area contributed by atoms with Crippen molar-refractivity contribution in [2.24, 2.45) is 0 Å². The van der Waals surface area contributed by atoms with Crippen LogP contribution in [0.3, 0.4) is 0 Å². The summed E-state index contributed by atoms with van der Waals surface area (Å²) in [6.07, 6.45) is 6.00. The number of rotatable bonds is 3. The molecule has 1 aliphatic rings. The topological polar surface area (TPSA) is 12.0 Å². The van der Waals surface area contributed by atoms with Crippen molar-refractivity contribution in [1.82, 2.24) is 5.32 Å². The Labute approximate surface area is 124 Å². The molecular formula is C14H18Cl3N. The van der Waals surface area contributed by atoms with E-state index in [2.05, 4.69) is 5.32 Å². The van der Waals surface area contributed by atoms with Crippen molar-refractivity contribution in [2.75, 3.05) is 0 Å². The molecule has 0 heterocycles. The van der Waals surface area contributed by atoms with Crippen molar-refractivity contribution in [2.45, 2.75) is 50.1 Å². The fourth-order valence-electron chi connectivity index (χ4n) is 2.43. The Morgan fingerprint density at radius 3 is 2.44 bits per heavy atom. The first kappa shape index (κ1) is 14.5. The molecule has 2 atom stereocenters. The van der Waals surface area contributed by atoms with Crippen molar-refractivity contribution in [1.29, 1.82) is 0 Å². The van der Waals surface area contributed by atoms with Gasteiger partial charge < -0.3 is 5.32 Å². The Hall–Kier alpha value is 0.0500. The standard InChI is InChI=1S/C14H18Cl3N/c15-11-6-4-7-12(16)10(11)9-18-14-8-3-1-2-5-13(14)17/h4,6-7,13-14,18H,1-3,5,8-9H2. The minimum Gasteiger partial charge on any atom is -0.308 e. The maximum absolute atomic E-state index is 6.40. The molecule has 1 aromatic carbocycles. The quantitative estimate of drug-likeness (QED) is 0.610. The van der Waals surface area contributed by atoms with Crippen LogP contribution in [0.4, 0.5) is 0 Å². The zero-order chi connectivity index (χ0) is 13.0. The average molecular weight is 307 g/mol. The minimum absolute atomic E-state index is 0.216. The van der Waals surface area contributed by atoms with Gasteiger partial charge in [0.2, 0.25) is 0 Å². The molecule has 1 aromatic rings. The molecular weight excluding hydrogens is 289 g/mol. The van der Waals surface area contributed by atoms with Crippen LogP contribution in [0.2, 0.25) is 10.0 Å². The lowest BCUT2D eigenvalue weighted by Gasteiger charge is -2.21. The highest BCUT2D eigenvalue weighted by Crippen LogP contribution is 2.26. The van der Waals surface area contributed by atoms with Gasteiger partial charge in [0.25, 0.3) is 0 Å². The van der Waals surface area contributed by atoms with E-state index in [4.69, 9.17) is 34.8 Å². The average Bonchev–Trinajstić information content (AvgIpc) is 2.54. The molecule has 1 nitrogen and oxygen atoms in total. The summed E-state index contributed by atoms with van der Waals surface area (Å²) in [6, 6.07) is 5.97. The molecule has 0 aromatic heterocycles. The first-order chi connectivity index (χ1) is 8.68. The smallest absolute Gasteiger partial charge is 0.0489 e. The molecule has 18 heavy (non-hydrogen) atoms. The zero-order valence-corrected chi connectivity index (χ0v) is 12.5. The Balaban J connectivity index is 1.98. The summed E-state index contributed by atoms with van der Waals surface area (Å²) in [6.45, 7) is 0.687. The molecule has 0 radical (unpaired) electrons. The fraction of sp³-hybridized carbons (Fsp3) is 0.571. The molecule has 1 saturated carbocycles. The maximum atomic E-state index is 6.40. The van der Waals surface area contributed by atoms with Crippen LogP contribution < -0.4 is 5.32 Å². The summed E-state index contributed by atoms with van der Waals surface area (Å²) >= 11 is 18.7. The van der Waals surface area contributed by atoms with Crippen LogP contribution in [-0.2, 0) is 6.54 Å². The summed E-state index contributed by atoms with van der Waals surface area (Å²) in [4.78, 5) is 0. The number of alkyl halides is 1. The Bertz CT molecular complexity index is 374. The second-order valence-corrected chi connectivity index (χ2v) is 6.22. The molecule has 0 amide bonds. The number of hydrogen-bond donors (Lipinski definition) is 1. The summed E-state index contributed by atoms with van der Waals surface area (Å²) in [5, 5.41) is 5.16. The van der Waals surface area contributed by atoms with E-state index in [0.717, 1.165) is 28.5 Å². The van der Waals surface area contributed by atoms with Crippen LogP contribution in [0.25, 0.3) is 0 Å². The third-order valence-electron chi connectivity index (χ3n) is 3.53. The minimum atomic E-state index is 0.216. The molecule has 4 heteroatoms. The summed E-state index contributed by atoms with van der Waals surface area (Å²) in [7, 11) is 0. The lowest BCUT2D eigenvalue weighted by molar-refractivity contribution is 0.465. The highest BCUT2D eigenvalue weighted by atomic mass is 35.5. The Morgan fingerprint density at radius 1 is 1.06 bits per heavy atom. The largest absolute Gasteiger partial charge is 0.308 e. The molecule has 1 N–H and O–H groups in total. The van der Waals surface area contributed by atoms with Crippen LogP contribution in [-0.4, -0.2) is 11.4 Å². The van der Waals surface area contributed by atoms with Crippen LogP contribution in [0.1, 0.15) is 37.7 Å². The highest BCUT2D eigenvalue weighted by Gasteiger charge is 2.21. The summed E-state index contributed by atoms with van der Waals surface area (Å²) < 4.78 is 0. The van der Waals surface area contributed by atoms with Crippen LogP contribution in [0, 0.1) is 0 Å². The highest BCUT2D eigenvalue weighted by molar-refractivity contribution is 6.35. The van der Waals surface area contributed by atoms with E-state index in [9.17, 15) is 0 Å². The molecule has 0 saturated heterocycles. The van der Waals surface area contributed by atoms with Crippen LogP contribution in [0.5, 0.6) is 0 Å².